The van der Waals surface area contributed by atoms with Crippen LogP contribution in [-0.4, -0.2) is 68.6 Å². The number of carbonyl (C=O) groups excluding carboxylic acids is 2. The molecule has 0 saturated heterocycles. The van der Waals surface area contributed by atoms with Crippen molar-refractivity contribution in [3.63, 3.8) is 0 Å². The fraction of sp³-hybridized carbons (Fsp3) is 0.217. The van der Waals surface area contributed by atoms with Crippen LogP contribution in [0.15, 0.2) is 59.8 Å². The number of hydrogen-bond acceptors (Lipinski definition) is 8. The van der Waals surface area contributed by atoms with Crippen molar-refractivity contribution in [1.82, 2.24) is 34.4 Å². The van der Waals surface area contributed by atoms with Crippen LogP contribution in [0.4, 0.5) is 17.3 Å². The monoisotopic (exact) mass is 475 g/mol. The average molecular weight is 476 g/mol. The number of aromatic nitrogens is 5. The van der Waals surface area contributed by atoms with Gasteiger partial charge in [-0.25, -0.2) is 9.97 Å². The summed E-state index contributed by atoms with van der Waals surface area (Å²) in [6, 6.07) is 10.4. The van der Waals surface area contributed by atoms with E-state index in [2.05, 4.69) is 31.0 Å². The van der Waals surface area contributed by atoms with Gasteiger partial charge in [-0.3, -0.25) is 19.0 Å². The number of nitrogens with one attached hydrogen (secondary N) is 3. The van der Waals surface area contributed by atoms with E-state index in [1.165, 1.54) is 20.2 Å². The number of anilines is 3. The van der Waals surface area contributed by atoms with Gasteiger partial charge in [-0.05, 0) is 30.7 Å². The van der Waals surface area contributed by atoms with Crippen molar-refractivity contribution in [2.75, 3.05) is 37.8 Å². The van der Waals surface area contributed by atoms with Gasteiger partial charge in [0.1, 0.15) is 28.7 Å². The summed E-state index contributed by atoms with van der Waals surface area (Å²) in [4.78, 5) is 46.8. The van der Waals surface area contributed by atoms with E-state index >= 15 is 0 Å². The molecule has 0 atom stereocenters. The lowest BCUT2D eigenvalue weighted by molar-refractivity contribution is -0.117. The molecular formula is C23H25N9O3. The summed E-state index contributed by atoms with van der Waals surface area (Å²) < 4.78 is 2.94. The Balaban J connectivity index is 1.61. The van der Waals surface area contributed by atoms with Gasteiger partial charge in [0.25, 0.3) is 11.5 Å². The maximum absolute atomic E-state index is 13.0. The Morgan fingerprint density at radius 1 is 1.23 bits per heavy atom. The molecule has 3 N–H and O–H groups in total. The van der Waals surface area contributed by atoms with E-state index < -0.39 is 0 Å². The molecule has 4 aromatic heterocycles. The van der Waals surface area contributed by atoms with E-state index in [4.69, 9.17) is 0 Å². The van der Waals surface area contributed by atoms with Gasteiger partial charge < -0.3 is 20.9 Å². The second-order valence-corrected chi connectivity index (χ2v) is 7.68. The SMILES string of the molecule is CNc1cc(Nc2cccn(-c3ccccn3)c2=O)nc2c(C(=O)NCCCN(C)C=O)cnn12. The lowest BCUT2D eigenvalue weighted by Crippen LogP contribution is -2.27. The molecule has 2 amide bonds. The standard InChI is InChI=1S/C23H25N9O3/c1-24-20-13-18(28-17-7-5-12-31(23(17)35)19-8-3-4-9-25-19)29-21-16(14-27-32(20)21)22(34)26-10-6-11-30(2)15-33/h3-5,7-9,12-15,24H,6,10-11H2,1-2H3,(H,26,34)(H,28,29). The zero-order valence-corrected chi connectivity index (χ0v) is 19.3. The molecule has 0 aliphatic heterocycles. The summed E-state index contributed by atoms with van der Waals surface area (Å²) in [5.74, 6) is 1.09. The van der Waals surface area contributed by atoms with Gasteiger partial charge in [0.05, 0.1) is 6.20 Å². The molecule has 4 rings (SSSR count). The molecule has 0 aromatic carbocycles. The summed E-state index contributed by atoms with van der Waals surface area (Å²) >= 11 is 0. The molecule has 0 bridgehead atoms. The summed E-state index contributed by atoms with van der Waals surface area (Å²) in [6.45, 7) is 0.921. The van der Waals surface area contributed by atoms with E-state index in [-0.39, 0.29) is 17.0 Å². The van der Waals surface area contributed by atoms with Gasteiger partial charge in [0, 0.05) is 45.6 Å². The molecule has 180 valence electrons. The first-order valence-corrected chi connectivity index (χ1v) is 10.9. The highest BCUT2D eigenvalue weighted by Crippen LogP contribution is 2.21. The first-order chi connectivity index (χ1) is 17.0. The molecule has 0 radical (unpaired) electrons. The Morgan fingerprint density at radius 2 is 2.09 bits per heavy atom. The summed E-state index contributed by atoms with van der Waals surface area (Å²) in [6.07, 6.45) is 6.04. The van der Waals surface area contributed by atoms with Crippen molar-refractivity contribution >= 4 is 35.3 Å². The lowest BCUT2D eigenvalue weighted by atomic mass is 10.3. The topological polar surface area (TPSA) is 139 Å². The molecule has 35 heavy (non-hydrogen) atoms. The number of pyridine rings is 2. The maximum Gasteiger partial charge on any atom is 0.279 e. The fourth-order valence-corrected chi connectivity index (χ4v) is 3.45. The number of rotatable bonds is 10. The zero-order valence-electron chi connectivity index (χ0n) is 19.3. The highest BCUT2D eigenvalue weighted by atomic mass is 16.2. The third-order valence-corrected chi connectivity index (χ3v) is 5.23. The van der Waals surface area contributed by atoms with Crippen molar-refractivity contribution in [2.45, 2.75) is 6.42 Å². The van der Waals surface area contributed by atoms with E-state index in [0.717, 1.165) is 6.41 Å². The predicted molar refractivity (Wildman–Crippen MR) is 131 cm³/mol. The van der Waals surface area contributed by atoms with Gasteiger partial charge in [0.2, 0.25) is 6.41 Å². The average Bonchev–Trinajstić information content (AvgIpc) is 3.31. The first kappa shape index (κ1) is 23.4. The van der Waals surface area contributed by atoms with Crippen LogP contribution >= 0.6 is 0 Å². The Labute approximate surface area is 200 Å². The van der Waals surface area contributed by atoms with Crippen LogP contribution in [-0.2, 0) is 4.79 Å². The number of nitrogens with zero attached hydrogens (tertiary/aromatic N) is 6. The quantitative estimate of drug-likeness (QED) is 0.230. The molecule has 12 heteroatoms. The normalized spacial score (nSPS) is 10.7. The van der Waals surface area contributed by atoms with Crippen molar-refractivity contribution in [2.24, 2.45) is 0 Å². The van der Waals surface area contributed by atoms with Crippen molar-refractivity contribution in [1.29, 1.82) is 0 Å². The van der Waals surface area contributed by atoms with Crippen LogP contribution < -0.4 is 21.5 Å². The largest absolute Gasteiger partial charge is 0.373 e. The van der Waals surface area contributed by atoms with Crippen molar-refractivity contribution in [3.05, 3.63) is 70.9 Å². The highest BCUT2D eigenvalue weighted by Gasteiger charge is 2.17. The van der Waals surface area contributed by atoms with Crippen LogP contribution in [0.25, 0.3) is 11.5 Å². The second-order valence-electron chi connectivity index (χ2n) is 7.68. The van der Waals surface area contributed by atoms with Crippen LogP contribution in [0.5, 0.6) is 0 Å². The lowest BCUT2D eigenvalue weighted by Gasteiger charge is -2.12. The smallest absolute Gasteiger partial charge is 0.279 e. The Morgan fingerprint density at radius 3 is 2.83 bits per heavy atom. The van der Waals surface area contributed by atoms with E-state index in [9.17, 15) is 14.4 Å². The predicted octanol–water partition coefficient (Wildman–Crippen LogP) is 1.27. The molecule has 0 aliphatic rings. The number of carbonyl (C=O) groups is 2. The molecule has 12 nitrogen and oxygen atoms in total. The van der Waals surface area contributed by atoms with E-state index in [0.29, 0.717) is 48.3 Å². The molecular weight excluding hydrogens is 450 g/mol. The summed E-state index contributed by atoms with van der Waals surface area (Å²) in [5.41, 5.74) is 0.600. The van der Waals surface area contributed by atoms with Crippen LogP contribution in [0, 0.1) is 0 Å². The zero-order chi connectivity index (χ0) is 24.8. The summed E-state index contributed by atoms with van der Waals surface area (Å²) in [7, 11) is 3.40. The molecule has 4 heterocycles. The first-order valence-electron chi connectivity index (χ1n) is 10.9. The van der Waals surface area contributed by atoms with Gasteiger partial charge in [-0.1, -0.05) is 6.07 Å². The second kappa shape index (κ2) is 10.5. The molecule has 0 fully saturated rings. The Hall–Kier alpha value is -4.74. The minimum atomic E-state index is -0.335. The van der Waals surface area contributed by atoms with Gasteiger partial charge in [-0.15, -0.1) is 0 Å². The maximum atomic E-state index is 13.0. The van der Waals surface area contributed by atoms with Crippen molar-refractivity contribution in [3.8, 4) is 5.82 Å². The van der Waals surface area contributed by atoms with Gasteiger partial charge >= 0.3 is 0 Å². The fourth-order valence-electron chi connectivity index (χ4n) is 3.45. The minimum Gasteiger partial charge on any atom is -0.373 e. The highest BCUT2D eigenvalue weighted by molar-refractivity contribution is 6.00. The third kappa shape index (κ3) is 5.11. The summed E-state index contributed by atoms with van der Waals surface area (Å²) in [5, 5.41) is 13.2. The number of hydrogen-bond donors (Lipinski definition) is 3. The van der Waals surface area contributed by atoms with Crippen molar-refractivity contribution < 1.29 is 9.59 Å². The molecule has 0 unspecified atom stereocenters. The molecule has 4 aromatic rings. The van der Waals surface area contributed by atoms with E-state index in [1.54, 1.807) is 62.9 Å². The van der Waals surface area contributed by atoms with Gasteiger partial charge in [-0.2, -0.15) is 9.61 Å². The third-order valence-electron chi connectivity index (χ3n) is 5.23. The molecule has 0 aliphatic carbocycles. The Bertz CT molecular complexity index is 1400. The number of fused-ring (bicyclic) bond motifs is 1. The number of amides is 2. The minimum absolute atomic E-state index is 0.285. The van der Waals surface area contributed by atoms with Gasteiger partial charge in [0.15, 0.2) is 5.65 Å². The Kier molecular flexibility index (Phi) is 7.00. The van der Waals surface area contributed by atoms with Crippen LogP contribution in [0.1, 0.15) is 16.8 Å². The molecule has 0 saturated carbocycles. The van der Waals surface area contributed by atoms with E-state index in [1.807, 2.05) is 0 Å². The van der Waals surface area contributed by atoms with Crippen LogP contribution in [0.2, 0.25) is 0 Å². The molecule has 0 spiro atoms. The van der Waals surface area contributed by atoms with Crippen LogP contribution in [0.3, 0.4) is 0 Å².